The van der Waals surface area contributed by atoms with Crippen LogP contribution in [-0.2, 0) is 0 Å². The summed E-state index contributed by atoms with van der Waals surface area (Å²) < 4.78 is 0. The summed E-state index contributed by atoms with van der Waals surface area (Å²) in [5, 5.41) is 17.8. The molecule has 0 atom stereocenters. The summed E-state index contributed by atoms with van der Waals surface area (Å²) >= 11 is 0. The monoisotopic (exact) mass is 230 g/mol. The van der Waals surface area contributed by atoms with Gasteiger partial charge in [0.15, 0.2) is 5.78 Å². The number of hydrogen-bond donors (Lipinski definition) is 0. The first-order valence-electron chi connectivity index (χ1n) is 5.38. The van der Waals surface area contributed by atoms with E-state index in [0.717, 1.165) is 11.1 Å². The fourth-order valence-electron chi connectivity index (χ4n) is 2.21. The molecule has 18 heavy (non-hydrogen) atoms. The van der Waals surface area contributed by atoms with E-state index in [2.05, 4.69) is 12.1 Å². The number of carbonyl (C=O) groups is 1. The summed E-state index contributed by atoms with van der Waals surface area (Å²) in [6.45, 7) is 0. The first-order valence-corrected chi connectivity index (χ1v) is 5.38. The highest BCUT2D eigenvalue weighted by Crippen LogP contribution is 2.37. The Hall–Kier alpha value is -2.91. The summed E-state index contributed by atoms with van der Waals surface area (Å²) in [6.07, 6.45) is 0. The average molecular weight is 230 g/mol. The molecule has 0 fully saturated rings. The maximum atomic E-state index is 12.1. The van der Waals surface area contributed by atoms with Gasteiger partial charge in [-0.15, -0.1) is 0 Å². The minimum Gasteiger partial charge on any atom is -0.289 e. The highest BCUT2D eigenvalue weighted by molar-refractivity contribution is 6.21. The molecule has 2 aromatic carbocycles. The van der Waals surface area contributed by atoms with Gasteiger partial charge in [-0.05, 0) is 47.5 Å². The molecule has 3 nitrogen and oxygen atoms in total. The van der Waals surface area contributed by atoms with Crippen LogP contribution in [0.15, 0.2) is 36.4 Å². The van der Waals surface area contributed by atoms with Gasteiger partial charge in [-0.3, -0.25) is 4.79 Å². The second-order valence-electron chi connectivity index (χ2n) is 4.07. The van der Waals surface area contributed by atoms with E-state index in [1.165, 1.54) is 0 Å². The SMILES string of the molecule is N#Cc1ccc2c(c1)-c1cc(C#N)ccc1C2=O. The van der Waals surface area contributed by atoms with Crippen molar-refractivity contribution in [3.63, 3.8) is 0 Å². The van der Waals surface area contributed by atoms with E-state index < -0.39 is 0 Å². The smallest absolute Gasteiger partial charge is 0.194 e. The minimum atomic E-state index is -0.0472. The lowest BCUT2D eigenvalue weighted by atomic mass is 10.0. The van der Waals surface area contributed by atoms with Crippen LogP contribution in [0.2, 0.25) is 0 Å². The van der Waals surface area contributed by atoms with Gasteiger partial charge in [0, 0.05) is 11.1 Å². The Balaban J connectivity index is 2.34. The molecule has 0 saturated heterocycles. The van der Waals surface area contributed by atoms with Gasteiger partial charge in [0.1, 0.15) is 0 Å². The zero-order chi connectivity index (χ0) is 12.7. The second-order valence-corrected chi connectivity index (χ2v) is 4.07. The molecule has 0 N–H and O–H groups in total. The van der Waals surface area contributed by atoms with Crippen molar-refractivity contribution in [3.8, 4) is 23.3 Å². The van der Waals surface area contributed by atoms with Gasteiger partial charge >= 0.3 is 0 Å². The Morgan fingerprint density at radius 2 is 1.17 bits per heavy atom. The van der Waals surface area contributed by atoms with Gasteiger partial charge in [0.05, 0.1) is 23.3 Å². The van der Waals surface area contributed by atoms with E-state index in [1.807, 2.05) is 0 Å². The Labute approximate surface area is 104 Å². The number of carbonyl (C=O) groups excluding carboxylic acids is 1. The third kappa shape index (κ3) is 1.25. The number of fused-ring (bicyclic) bond motifs is 3. The highest BCUT2D eigenvalue weighted by Gasteiger charge is 2.26. The first kappa shape index (κ1) is 10.3. The van der Waals surface area contributed by atoms with Crippen molar-refractivity contribution in [2.45, 2.75) is 0 Å². The molecule has 1 aliphatic carbocycles. The van der Waals surface area contributed by atoms with E-state index in [-0.39, 0.29) is 5.78 Å². The maximum Gasteiger partial charge on any atom is 0.194 e. The van der Waals surface area contributed by atoms with Crippen molar-refractivity contribution in [2.24, 2.45) is 0 Å². The highest BCUT2D eigenvalue weighted by atomic mass is 16.1. The standard InChI is InChI=1S/C15H6N2O/c16-7-9-1-3-11-13(5-9)14-6-10(8-17)2-4-12(14)15(11)18/h1-6H. The van der Waals surface area contributed by atoms with Crippen molar-refractivity contribution in [3.05, 3.63) is 58.7 Å². The van der Waals surface area contributed by atoms with Gasteiger partial charge in [0.2, 0.25) is 0 Å². The van der Waals surface area contributed by atoms with E-state index in [1.54, 1.807) is 36.4 Å². The lowest BCUT2D eigenvalue weighted by molar-refractivity contribution is 0.104. The zero-order valence-electron chi connectivity index (χ0n) is 9.27. The molecule has 3 rings (SSSR count). The van der Waals surface area contributed by atoms with Gasteiger partial charge < -0.3 is 0 Å². The van der Waals surface area contributed by atoms with Gasteiger partial charge in [-0.2, -0.15) is 10.5 Å². The van der Waals surface area contributed by atoms with Crippen LogP contribution in [-0.4, -0.2) is 5.78 Å². The lowest BCUT2D eigenvalue weighted by Crippen LogP contribution is -1.94. The van der Waals surface area contributed by atoms with Gasteiger partial charge in [0.25, 0.3) is 0 Å². The number of nitrogens with zero attached hydrogens (tertiary/aromatic N) is 2. The summed E-state index contributed by atoms with van der Waals surface area (Å²) in [5.74, 6) is -0.0472. The number of hydrogen-bond acceptors (Lipinski definition) is 3. The van der Waals surface area contributed by atoms with Crippen molar-refractivity contribution in [1.29, 1.82) is 10.5 Å². The van der Waals surface area contributed by atoms with E-state index in [9.17, 15) is 4.79 Å². The van der Waals surface area contributed by atoms with Crippen LogP contribution in [0.25, 0.3) is 11.1 Å². The van der Waals surface area contributed by atoms with Crippen molar-refractivity contribution >= 4 is 5.78 Å². The molecule has 0 bridgehead atoms. The molecule has 0 aromatic heterocycles. The summed E-state index contributed by atoms with van der Waals surface area (Å²) in [4.78, 5) is 12.1. The van der Waals surface area contributed by atoms with Crippen LogP contribution in [0.4, 0.5) is 0 Å². The molecule has 1 aliphatic rings. The largest absolute Gasteiger partial charge is 0.289 e. The Bertz CT molecular complexity index is 711. The van der Waals surface area contributed by atoms with Crippen LogP contribution in [0, 0.1) is 22.7 Å². The molecule has 0 saturated carbocycles. The second kappa shape index (κ2) is 3.55. The molecule has 0 spiro atoms. The molecule has 82 valence electrons. The topological polar surface area (TPSA) is 64.7 Å². The molecule has 0 aliphatic heterocycles. The van der Waals surface area contributed by atoms with E-state index in [0.29, 0.717) is 22.3 Å². The molecule has 0 unspecified atom stereocenters. The number of nitriles is 2. The van der Waals surface area contributed by atoms with Gasteiger partial charge in [-0.1, -0.05) is 0 Å². The number of rotatable bonds is 0. The number of benzene rings is 2. The van der Waals surface area contributed by atoms with Crippen LogP contribution in [0.1, 0.15) is 27.0 Å². The predicted octanol–water partition coefficient (Wildman–Crippen LogP) is 2.64. The minimum absolute atomic E-state index is 0.0472. The van der Waals surface area contributed by atoms with E-state index in [4.69, 9.17) is 10.5 Å². The number of ketones is 1. The molecular weight excluding hydrogens is 224 g/mol. The third-order valence-electron chi connectivity index (χ3n) is 3.08. The van der Waals surface area contributed by atoms with Crippen LogP contribution >= 0.6 is 0 Å². The van der Waals surface area contributed by atoms with Crippen LogP contribution in [0.5, 0.6) is 0 Å². The van der Waals surface area contributed by atoms with Crippen LogP contribution < -0.4 is 0 Å². The molecule has 0 heterocycles. The first-order chi connectivity index (χ1) is 8.74. The third-order valence-corrected chi connectivity index (χ3v) is 3.08. The molecule has 3 heteroatoms. The lowest BCUT2D eigenvalue weighted by Gasteiger charge is -2.00. The summed E-state index contributed by atoms with van der Waals surface area (Å²) in [6, 6.07) is 14.1. The predicted molar refractivity (Wildman–Crippen MR) is 64.7 cm³/mol. The fraction of sp³-hybridized carbons (Fsp3) is 0. The fourth-order valence-corrected chi connectivity index (χ4v) is 2.21. The van der Waals surface area contributed by atoms with Crippen molar-refractivity contribution in [2.75, 3.05) is 0 Å². The maximum absolute atomic E-state index is 12.1. The Morgan fingerprint density at radius 1 is 0.722 bits per heavy atom. The zero-order valence-corrected chi connectivity index (χ0v) is 9.27. The molecule has 0 radical (unpaired) electrons. The van der Waals surface area contributed by atoms with E-state index >= 15 is 0 Å². The molecule has 0 amide bonds. The van der Waals surface area contributed by atoms with Crippen LogP contribution in [0.3, 0.4) is 0 Å². The normalized spacial score (nSPS) is 11.3. The van der Waals surface area contributed by atoms with Crippen molar-refractivity contribution in [1.82, 2.24) is 0 Å². The Morgan fingerprint density at radius 3 is 1.56 bits per heavy atom. The Kier molecular flexibility index (Phi) is 2.02. The van der Waals surface area contributed by atoms with Crippen molar-refractivity contribution < 1.29 is 4.79 Å². The quantitative estimate of drug-likeness (QED) is 0.596. The average Bonchev–Trinajstić information content (AvgIpc) is 2.71. The molecular formula is C15H6N2O. The summed E-state index contributed by atoms with van der Waals surface area (Å²) in [7, 11) is 0. The summed E-state index contributed by atoms with van der Waals surface area (Å²) in [5.41, 5.74) is 3.70. The molecule has 2 aromatic rings. The van der Waals surface area contributed by atoms with Gasteiger partial charge in [-0.25, -0.2) is 0 Å².